The molecule has 1 N–H and O–H groups in total. The van der Waals surface area contributed by atoms with Crippen molar-refractivity contribution in [2.75, 3.05) is 19.6 Å². The van der Waals surface area contributed by atoms with Crippen molar-refractivity contribution >= 4 is 0 Å². The van der Waals surface area contributed by atoms with Crippen LogP contribution in [0.5, 0.6) is 0 Å². The average molecular weight is 250 g/mol. The van der Waals surface area contributed by atoms with E-state index in [9.17, 15) is 0 Å². The van der Waals surface area contributed by atoms with Crippen molar-refractivity contribution in [3.05, 3.63) is 0 Å². The van der Waals surface area contributed by atoms with Gasteiger partial charge in [-0.3, -0.25) is 4.90 Å². The van der Waals surface area contributed by atoms with E-state index in [4.69, 9.17) is 0 Å². The minimum atomic E-state index is 0.497. The Labute approximate surface area is 113 Å². The van der Waals surface area contributed by atoms with Gasteiger partial charge >= 0.3 is 0 Å². The summed E-state index contributed by atoms with van der Waals surface area (Å²) in [5.74, 6) is 1.97. The van der Waals surface area contributed by atoms with E-state index >= 15 is 0 Å². The summed E-state index contributed by atoms with van der Waals surface area (Å²) in [5.41, 5.74) is 0.497. The number of hydrogen-bond acceptors (Lipinski definition) is 2. The lowest BCUT2D eigenvalue weighted by Crippen LogP contribution is -2.62. The number of nitrogens with one attached hydrogen (secondary N) is 1. The van der Waals surface area contributed by atoms with Gasteiger partial charge in [-0.25, -0.2) is 0 Å². The lowest BCUT2D eigenvalue weighted by Gasteiger charge is -2.46. The van der Waals surface area contributed by atoms with E-state index < -0.39 is 0 Å². The topological polar surface area (TPSA) is 15.3 Å². The maximum atomic E-state index is 3.87. The Hall–Kier alpha value is -0.0800. The Kier molecular flexibility index (Phi) is 3.68. The third kappa shape index (κ3) is 2.60. The highest BCUT2D eigenvalue weighted by Gasteiger charge is 2.40. The summed E-state index contributed by atoms with van der Waals surface area (Å²) >= 11 is 0. The van der Waals surface area contributed by atoms with Gasteiger partial charge in [0.05, 0.1) is 0 Å². The quantitative estimate of drug-likeness (QED) is 0.810. The fourth-order valence-electron chi connectivity index (χ4n) is 4.55. The van der Waals surface area contributed by atoms with Crippen molar-refractivity contribution < 1.29 is 0 Å². The van der Waals surface area contributed by atoms with Crippen molar-refractivity contribution in [1.29, 1.82) is 0 Å². The fourth-order valence-corrected chi connectivity index (χ4v) is 4.55. The Morgan fingerprint density at radius 2 is 1.94 bits per heavy atom. The normalized spacial score (nSPS) is 40.7. The molecule has 18 heavy (non-hydrogen) atoms. The molecule has 2 heteroatoms. The molecule has 3 rings (SSSR count). The molecular formula is C16H30N2. The molecule has 1 heterocycles. The first-order valence-electron chi connectivity index (χ1n) is 8.16. The van der Waals surface area contributed by atoms with Crippen molar-refractivity contribution in [1.82, 2.24) is 10.2 Å². The molecule has 3 unspecified atom stereocenters. The highest BCUT2D eigenvalue weighted by Crippen LogP contribution is 2.35. The lowest BCUT2D eigenvalue weighted by molar-refractivity contribution is 0.0745. The van der Waals surface area contributed by atoms with Gasteiger partial charge in [0.1, 0.15) is 0 Å². The van der Waals surface area contributed by atoms with Crippen LogP contribution in [-0.4, -0.2) is 36.1 Å². The first-order valence-corrected chi connectivity index (χ1v) is 8.16. The number of piperazine rings is 1. The van der Waals surface area contributed by atoms with Crippen molar-refractivity contribution in [3.8, 4) is 0 Å². The van der Waals surface area contributed by atoms with Crippen molar-refractivity contribution in [2.24, 2.45) is 11.8 Å². The van der Waals surface area contributed by atoms with Gasteiger partial charge in [0.2, 0.25) is 0 Å². The Bertz CT molecular complexity index is 283. The molecule has 2 nitrogen and oxygen atoms in total. The van der Waals surface area contributed by atoms with E-state index in [-0.39, 0.29) is 0 Å². The molecule has 3 atom stereocenters. The van der Waals surface area contributed by atoms with Crippen LogP contribution in [0.2, 0.25) is 0 Å². The lowest BCUT2D eigenvalue weighted by atomic mass is 9.91. The Morgan fingerprint density at radius 1 is 1.17 bits per heavy atom. The molecule has 0 aromatic heterocycles. The van der Waals surface area contributed by atoms with E-state index in [0.717, 1.165) is 17.9 Å². The summed E-state index contributed by atoms with van der Waals surface area (Å²) in [6, 6.07) is 0.743. The van der Waals surface area contributed by atoms with E-state index in [1.54, 1.807) is 0 Å². The molecule has 0 bridgehead atoms. The summed E-state index contributed by atoms with van der Waals surface area (Å²) in [4.78, 5) is 2.81. The SMILES string of the molecule is CC1CCC(CN2CC3(CCCC3)NCC2C)C1. The maximum Gasteiger partial charge on any atom is 0.0309 e. The molecule has 104 valence electrons. The standard InChI is InChI=1S/C16H30N2/c1-13-5-6-15(9-13)11-18-12-16(7-3-4-8-16)17-10-14(18)2/h13-15,17H,3-12H2,1-2H3. The van der Waals surface area contributed by atoms with Gasteiger partial charge in [-0.15, -0.1) is 0 Å². The number of hydrogen-bond donors (Lipinski definition) is 1. The van der Waals surface area contributed by atoms with Crippen LogP contribution in [-0.2, 0) is 0 Å². The average Bonchev–Trinajstić information content (AvgIpc) is 2.95. The molecular weight excluding hydrogens is 220 g/mol. The summed E-state index contributed by atoms with van der Waals surface area (Å²) in [7, 11) is 0. The summed E-state index contributed by atoms with van der Waals surface area (Å²) in [6.45, 7) is 8.74. The first-order chi connectivity index (χ1) is 8.67. The van der Waals surface area contributed by atoms with Gasteiger partial charge in [0.15, 0.2) is 0 Å². The second-order valence-electron chi connectivity index (χ2n) is 7.43. The minimum Gasteiger partial charge on any atom is -0.308 e. The zero-order valence-electron chi connectivity index (χ0n) is 12.3. The largest absolute Gasteiger partial charge is 0.308 e. The van der Waals surface area contributed by atoms with E-state index in [1.807, 2.05) is 0 Å². The van der Waals surface area contributed by atoms with Gasteiger partial charge < -0.3 is 5.32 Å². The number of nitrogens with zero attached hydrogens (tertiary/aromatic N) is 1. The van der Waals surface area contributed by atoms with Crippen LogP contribution in [0.4, 0.5) is 0 Å². The zero-order valence-corrected chi connectivity index (χ0v) is 12.3. The molecule has 0 radical (unpaired) electrons. The third-order valence-electron chi connectivity index (χ3n) is 5.76. The van der Waals surface area contributed by atoms with E-state index in [1.165, 1.54) is 64.6 Å². The molecule has 0 amide bonds. The molecule has 0 aromatic rings. The molecule has 1 spiro atoms. The van der Waals surface area contributed by atoms with Gasteiger partial charge in [-0.05, 0) is 44.4 Å². The monoisotopic (exact) mass is 250 g/mol. The molecule has 1 saturated heterocycles. The first kappa shape index (κ1) is 12.9. The highest BCUT2D eigenvalue weighted by molar-refractivity contribution is 5.00. The molecule has 2 aliphatic carbocycles. The zero-order chi connectivity index (χ0) is 12.6. The van der Waals surface area contributed by atoms with E-state index in [2.05, 4.69) is 24.1 Å². The molecule has 1 aliphatic heterocycles. The van der Waals surface area contributed by atoms with Crippen molar-refractivity contribution in [3.63, 3.8) is 0 Å². The fraction of sp³-hybridized carbons (Fsp3) is 1.00. The molecule has 0 aromatic carbocycles. The Morgan fingerprint density at radius 3 is 2.61 bits per heavy atom. The number of rotatable bonds is 2. The second kappa shape index (κ2) is 5.13. The maximum absolute atomic E-state index is 3.87. The van der Waals surface area contributed by atoms with Crippen LogP contribution in [0.1, 0.15) is 58.8 Å². The van der Waals surface area contributed by atoms with Crippen molar-refractivity contribution in [2.45, 2.75) is 70.4 Å². The van der Waals surface area contributed by atoms with Crippen LogP contribution < -0.4 is 5.32 Å². The van der Waals surface area contributed by atoms with Crippen LogP contribution in [0.25, 0.3) is 0 Å². The molecule has 2 saturated carbocycles. The van der Waals surface area contributed by atoms with Gasteiger partial charge in [-0.1, -0.05) is 26.2 Å². The minimum absolute atomic E-state index is 0.497. The van der Waals surface area contributed by atoms with Gasteiger partial charge in [0, 0.05) is 31.2 Å². The van der Waals surface area contributed by atoms with Crippen LogP contribution in [0, 0.1) is 11.8 Å². The highest BCUT2D eigenvalue weighted by atomic mass is 15.3. The van der Waals surface area contributed by atoms with Gasteiger partial charge in [0.25, 0.3) is 0 Å². The van der Waals surface area contributed by atoms with Crippen LogP contribution in [0.15, 0.2) is 0 Å². The third-order valence-corrected chi connectivity index (χ3v) is 5.76. The summed E-state index contributed by atoms with van der Waals surface area (Å²) in [6.07, 6.45) is 10.1. The molecule has 3 aliphatic rings. The predicted molar refractivity (Wildman–Crippen MR) is 76.7 cm³/mol. The summed E-state index contributed by atoms with van der Waals surface area (Å²) in [5, 5.41) is 3.87. The molecule has 3 fully saturated rings. The summed E-state index contributed by atoms with van der Waals surface area (Å²) < 4.78 is 0. The second-order valence-corrected chi connectivity index (χ2v) is 7.43. The smallest absolute Gasteiger partial charge is 0.0309 e. The van der Waals surface area contributed by atoms with Gasteiger partial charge in [-0.2, -0.15) is 0 Å². The van der Waals surface area contributed by atoms with E-state index in [0.29, 0.717) is 5.54 Å². The predicted octanol–water partition coefficient (Wildman–Crippen LogP) is 3.03. The Balaban J connectivity index is 1.59. The van der Waals surface area contributed by atoms with Crippen LogP contribution in [0.3, 0.4) is 0 Å². The van der Waals surface area contributed by atoms with Crippen LogP contribution >= 0.6 is 0 Å².